The fraction of sp³-hybridized carbons (Fsp3) is 0.480. The maximum atomic E-state index is 12.9. The summed E-state index contributed by atoms with van der Waals surface area (Å²) in [5, 5.41) is 0. The Hall–Kier alpha value is -2.13. The van der Waals surface area contributed by atoms with E-state index in [4.69, 9.17) is 0 Å². The lowest BCUT2D eigenvalue weighted by atomic mass is 9.74. The van der Waals surface area contributed by atoms with E-state index in [0.717, 1.165) is 45.6 Å². The molecule has 1 atom stereocenters. The average Bonchev–Trinajstić information content (AvgIpc) is 2.85. The molecule has 1 amide bonds. The maximum absolute atomic E-state index is 12.9. The predicted molar refractivity (Wildman–Crippen MR) is 114 cm³/mol. The van der Waals surface area contributed by atoms with Gasteiger partial charge in [-0.25, -0.2) is 0 Å². The maximum Gasteiger partial charge on any atom is 0.222 e. The molecule has 1 unspecified atom stereocenters. The Morgan fingerprint density at radius 2 is 1.75 bits per heavy atom. The number of rotatable bonds is 4. The van der Waals surface area contributed by atoms with Gasteiger partial charge in [-0.1, -0.05) is 61.5 Å². The normalized spacial score (nSPS) is 22.7. The zero-order chi connectivity index (χ0) is 19.4. The van der Waals surface area contributed by atoms with Crippen molar-refractivity contribution in [3.63, 3.8) is 0 Å². The highest BCUT2D eigenvalue weighted by atomic mass is 16.2. The van der Waals surface area contributed by atoms with Crippen LogP contribution in [0.15, 0.2) is 54.6 Å². The van der Waals surface area contributed by atoms with Crippen molar-refractivity contribution < 1.29 is 4.79 Å². The van der Waals surface area contributed by atoms with Crippen LogP contribution in [0.1, 0.15) is 49.3 Å². The first-order valence-electron chi connectivity index (χ1n) is 10.8. The summed E-state index contributed by atoms with van der Waals surface area (Å²) in [6.45, 7) is 7.00. The lowest BCUT2D eigenvalue weighted by molar-refractivity contribution is -0.134. The number of piperidine rings is 1. The summed E-state index contributed by atoms with van der Waals surface area (Å²) >= 11 is 0. The highest BCUT2D eigenvalue weighted by Gasteiger charge is 2.40. The van der Waals surface area contributed by atoms with Gasteiger partial charge in [-0.3, -0.25) is 9.69 Å². The first kappa shape index (κ1) is 19.2. The third-order valence-electron chi connectivity index (χ3n) is 6.38. The van der Waals surface area contributed by atoms with Crippen LogP contribution in [0.5, 0.6) is 0 Å². The van der Waals surface area contributed by atoms with Crippen LogP contribution in [-0.4, -0.2) is 35.3 Å². The van der Waals surface area contributed by atoms with E-state index in [2.05, 4.69) is 71.3 Å². The van der Waals surface area contributed by atoms with Gasteiger partial charge >= 0.3 is 0 Å². The Balaban J connectivity index is 1.59. The Labute approximate surface area is 169 Å². The van der Waals surface area contributed by atoms with Gasteiger partial charge in [-0.2, -0.15) is 0 Å². The van der Waals surface area contributed by atoms with Crippen LogP contribution in [0.25, 0.3) is 0 Å². The van der Waals surface area contributed by atoms with Crippen LogP contribution in [0.4, 0.5) is 0 Å². The van der Waals surface area contributed by atoms with Gasteiger partial charge in [0.1, 0.15) is 0 Å². The van der Waals surface area contributed by atoms with Crippen LogP contribution >= 0.6 is 0 Å². The second kappa shape index (κ2) is 8.48. The van der Waals surface area contributed by atoms with Gasteiger partial charge < -0.3 is 4.90 Å². The van der Waals surface area contributed by atoms with E-state index < -0.39 is 0 Å². The summed E-state index contributed by atoms with van der Waals surface area (Å²) in [7, 11) is 0. The molecule has 1 spiro atoms. The Morgan fingerprint density at radius 1 is 1.00 bits per heavy atom. The minimum absolute atomic E-state index is 0.170. The number of likely N-dealkylation sites (tertiary alicyclic amines) is 1. The smallest absolute Gasteiger partial charge is 0.222 e. The van der Waals surface area contributed by atoms with Gasteiger partial charge in [-0.05, 0) is 48.9 Å². The molecule has 0 aliphatic carbocycles. The first-order chi connectivity index (χ1) is 13.7. The predicted octanol–water partition coefficient (Wildman–Crippen LogP) is 4.65. The molecule has 2 aromatic rings. The number of fused-ring (bicyclic) bond motifs is 1. The standard InChI is InChI=1S/C25H32N2O/c1-2-9-24(28)27-18-23-13-7-6-12-22(23)16-25(20-27)14-8-15-26(19-25)17-21-10-4-3-5-11-21/h3-7,10-13H,2,8-9,14-20H2,1H3. The second-order valence-corrected chi connectivity index (χ2v) is 8.75. The van der Waals surface area contributed by atoms with Gasteiger partial charge in [0, 0.05) is 38.0 Å². The van der Waals surface area contributed by atoms with E-state index in [1.54, 1.807) is 0 Å². The summed E-state index contributed by atoms with van der Waals surface area (Å²) < 4.78 is 0. The average molecular weight is 377 g/mol. The van der Waals surface area contributed by atoms with Crippen LogP contribution < -0.4 is 0 Å². The minimum atomic E-state index is 0.170. The molecule has 0 radical (unpaired) electrons. The van der Waals surface area contributed by atoms with Gasteiger partial charge in [-0.15, -0.1) is 0 Å². The van der Waals surface area contributed by atoms with Crippen molar-refractivity contribution in [2.24, 2.45) is 5.41 Å². The molecule has 2 heterocycles. The summed E-state index contributed by atoms with van der Waals surface area (Å²) in [6, 6.07) is 19.5. The van der Waals surface area contributed by atoms with Gasteiger partial charge in [0.2, 0.25) is 5.91 Å². The molecule has 0 bridgehead atoms. The minimum Gasteiger partial charge on any atom is -0.338 e. The van der Waals surface area contributed by atoms with E-state index >= 15 is 0 Å². The highest BCUT2D eigenvalue weighted by Crippen LogP contribution is 2.39. The first-order valence-corrected chi connectivity index (χ1v) is 10.8. The fourth-order valence-electron chi connectivity index (χ4n) is 5.12. The molecule has 4 rings (SSSR count). The number of hydrogen-bond donors (Lipinski definition) is 0. The van der Waals surface area contributed by atoms with Gasteiger partial charge in [0.05, 0.1) is 0 Å². The third kappa shape index (κ3) is 4.30. The third-order valence-corrected chi connectivity index (χ3v) is 6.38. The van der Waals surface area contributed by atoms with Crippen molar-refractivity contribution in [2.45, 2.75) is 52.1 Å². The summed E-state index contributed by atoms with van der Waals surface area (Å²) in [6.07, 6.45) is 5.09. The molecule has 3 heteroatoms. The Bertz CT molecular complexity index is 803. The molecule has 28 heavy (non-hydrogen) atoms. The number of carbonyl (C=O) groups is 1. The molecule has 1 fully saturated rings. The van der Waals surface area contributed by atoms with Crippen molar-refractivity contribution in [3.8, 4) is 0 Å². The molecule has 0 N–H and O–H groups in total. The summed E-state index contributed by atoms with van der Waals surface area (Å²) in [4.78, 5) is 17.6. The Kier molecular flexibility index (Phi) is 5.82. The van der Waals surface area contributed by atoms with Gasteiger partial charge in [0.15, 0.2) is 0 Å². The number of carbonyl (C=O) groups excluding carboxylic acids is 1. The van der Waals surface area contributed by atoms with Gasteiger partial charge in [0.25, 0.3) is 0 Å². The molecular formula is C25H32N2O. The zero-order valence-corrected chi connectivity index (χ0v) is 17.1. The molecule has 0 aromatic heterocycles. The largest absolute Gasteiger partial charge is 0.338 e. The molecule has 2 aromatic carbocycles. The van der Waals surface area contributed by atoms with E-state index in [1.807, 2.05) is 0 Å². The van der Waals surface area contributed by atoms with Crippen molar-refractivity contribution in [3.05, 3.63) is 71.3 Å². The van der Waals surface area contributed by atoms with E-state index in [0.29, 0.717) is 12.3 Å². The van der Waals surface area contributed by atoms with E-state index in [-0.39, 0.29) is 5.41 Å². The molecule has 2 aliphatic rings. The summed E-state index contributed by atoms with van der Waals surface area (Å²) in [5.41, 5.74) is 4.33. The fourth-order valence-corrected chi connectivity index (χ4v) is 5.12. The topological polar surface area (TPSA) is 23.6 Å². The monoisotopic (exact) mass is 376 g/mol. The van der Waals surface area contributed by atoms with E-state index in [1.165, 1.54) is 29.5 Å². The molecule has 0 saturated carbocycles. The lowest BCUT2D eigenvalue weighted by Crippen LogP contribution is -2.50. The quantitative estimate of drug-likeness (QED) is 0.775. The number of hydrogen-bond acceptors (Lipinski definition) is 2. The Morgan fingerprint density at radius 3 is 2.54 bits per heavy atom. The number of benzene rings is 2. The second-order valence-electron chi connectivity index (χ2n) is 8.75. The van der Waals surface area contributed by atoms with Crippen molar-refractivity contribution in [1.82, 2.24) is 9.80 Å². The molecule has 1 saturated heterocycles. The molecule has 3 nitrogen and oxygen atoms in total. The van der Waals surface area contributed by atoms with E-state index in [9.17, 15) is 4.79 Å². The van der Waals surface area contributed by atoms with Crippen LogP contribution in [0.3, 0.4) is 0 Å². The zero-order valence-electron chi connectivity index (χ0n) is 17.1. The molecule has 148 valence electrons. The lowest BCUT2D eigenvalue weighted by Gasteiger charge is -2.44. The van der Waals surface area contributed by atoms with Crippen LogP contribution in [0, 0.1) is 5.41 Å². The number of nitrogens with zero attached hydrogens (tertiary/aromatic N) is 2. The van der Waals surface area contributed by atoms with Crippen LogP contribution in [-0.2, 0) is 24.3 Å². The SMILES string of the molecule is CCCC(=O)N1Cc2ccccc2CC2(CCCN(Cc3ccccc3)C2)C1. The molecular weight excluding hydrogens is 344 g/mol. The number of amides is 1. The summed E-state index contributed by atoms with van der Waals surface area (Å²) in [5.74, 6) is 0.318. The van der Waals surface area contributed by atoms with Crippen molar-refractivity contribution in [2.75, 3.05) is 19.6 Å². The molecule has 2 aliphatic heterocycles. The van der Waals surface area contributed by atoms with Crippen LogP contribution in [0.2, 0.25) is 0 Å². The van der Waals surface area contributed by atoms with Crippen molar-refractivity contribution >= 4 is 5.91 Å². The highest BCUT2D eigenvalue weighted by molar-refractivity contribution is 5.76. The van der Waals surface area contributed by atoms with Crippen molar-refractivity contribution in [1.29, 1.82) is 0 Å².